The van der Waals surface area contributed by atoms with Crippen LogP contribution in [0.5, 0.6) is 5.75 Å². The number of allylic oxidation sites excluding steroid dienone is 2. The molecular weight excluding hydrogens is 174 g/mol. The van der Waals surface area contributed by atoms with E-state index >= 15 is 0 Å². The molecule has 0 bridgehead atoms. The molecule has 0 atom stereocenters. The molecule has 0 radical (unpaired) electrons. The first-order valence-corrected chi connectivity index (χ1v) is 4.51. The van der Waals surface area contributed by atoms with E-state index in [0.717, 1.165) is 11.1 Å². The minimum atomic E-state index is 0.274. The Hall–Kier alpha value is -1.70. The molecule has 0 heterocycles. The first-order valence-electron chi connectivity index (χ1n) is 4.51. The third kappa shape index (κ3) is 1.96. The SMILES string of the molecule is C=CCc1c(N)ccc(O)c1CC=C. The van der Waals surface area contributed by atoms with E-state index in [0.29, 0.717) is 18.5 Å². The first-order chi connectivity index (χ1) is 6.70. The van der Waals surface area contributed by atoms with Gasteiger partial charge in [0, 0.05) is 11.3 Å². The Kier molecular flexibility index (Phi) is 3.35. The number of aromatic hydroxyl groups is 1. The number of nitrogens with two attached hydrogens (primary N) is 1. The van der Waals surface area contributed by atoms with Gasteiger partial charge in [0.05, 0.1) is 0 Å². The molecule has 1 aromatic carbocycles. The van der Waals surface area contributed by atoms with E-state index in [1.54, 1.807) is 24.3 Å². The van der Waals surface area contributed by atoms with Gasteiger partial charge in [-0.15, -0.1) is 13.2 Å². The number of rotatable bonds is 4. The molecular formula is C12H15NO. The molecule has 2 heteroatoms. The summed E-state index contributed by atoms with van der Waals surface area (Å²) < 4.78 is 0. The van der Waals surface area contributed by atoms with Crippen molar-refractivity contribution in [2.45, 2.75) is 12.8 Å². The number of anilines is 1. The first kappa shape index (κ1) is 10.4. The Labute approximate surface area is 84.4 Å². The molecule has 1 rings (SSSR count). The fourth-order valence-electron chi connectivity index (χ4n) is 1.46. The van der Waals surface area contributed by atoms with E-state index < -0.39 is 0 Å². The molecule has 0 spiro atoms. The molecule has 0 amide bonds. The number of hydrogen-bond acceptors (Lipinski definition) is 2. The lowest BCUT2D eigenvalue weighted by molar-refractivity contribution is 0.469. The summed E-state index contributed by atoms with van der Waals surface area (Å²) in [4.78, 5) is 0. The second-order valence-corrected chi connectivity index (χ2v) is 3.12. The summed E-state index contributed by atoms with van der Waals surface area (Å²) >= 11 is 0. The van der Waals surface area contributed by atoms with Crippen molar-refractivity contribution in [3.63, 3.8) is 0 Å². The predicted octanol–water partition coefficient (Wildman–Crippen LogP) is 2.43. The van der Waals surface area contributed by atoms with Gasteiger partial charge in [-0.05, 0) is 30.5 Å². The van der Waals surface area contributed by atoms with E-state index in [2.05, 4.69) is 13.2 Å². The van der Waals surface area contributed by atoms with Crippen LogP contribution in [0.2, 0.25) is 0 Å². The Morgan fingerprint density at radius 1 is 1.14 bits per heavy atom. The van der Waals surface area contributed by atoms with Crippen LogP contribution in [0.25, 0.3) is 0 Å². The second kappa shape index (κ2) is 4.51. The zero-order valence-electron chi connectivity index (χ0n) is 8.16. The van der Waals surface area contributed by atoms with Gasteiger partial charge < -0.3 is 10.8 Å². The highest BCUT2D eigenvalue weighted by Crippen LogP contribution is 2.27. The van der Waals surface area contributed by atoms with Crippen LogP contribution in [0.3, 0.4) is 0 Å². The fraction of sp³-hybridized carbons (Fsp3) is 0.167. The summed E-state index contributed by atoms with van der Waals surface area (Å²) in [6.45, 7) is 7.32. The smallest absolute Gasteiger partial charge is 0.119 e. The predicted molar refractivity (Wildman–Crippen MR) is 60.3 cm³/mol. The molecule has 1 aromatic rings. The second-order valence-electron chi connectivity index (χ2n) is 3.12. The summed E-state index contributed by atoms with van der Waals surface area (Å²) in [6.07, 6.45) is 4.82. The summed E-state index contributed by atoms with van der Waals surface area (Å²) in [5, 5.41) is 9.64. The number of phenols is 1. The summed E-state index contributed by atoms with van der Waals surface area (Å²) in [7, 11) is 0. The molecule has 74 valence electrons. The molecule has 0 saturated carbocycles. The zero-order valence-corrected chi connectivity index (χ0v) is 8.16. The van der Waals surface area contributed by atoms with Crippen molar-refractivity contribution >= 4 is 5.69 Å². The van der Waals surface area contributed by atoms with Crippen molar-refractivity contribution in [3.8, 4) is 5.75 Å². The van der Waals surface area contributed by atoms with Gasteiger partial charge in [0.25, 0.3) is 0 Å². The van der Waals surface area contributed by atoms with Gasteiger partial charge in [-0.3, -0.25) is 0 Å². The summed E-state index contributed by atoms with van der Waals surface area (Å²) in [5.74, 6) is 0.274. The quantitative estimate of drug-likeness (QED) is 0.434. The summed E-state index contributed by atoms with van der Waals surface area (Å²) in [6, 6.07) is 3.32. The molecule has 14 heavy (non-hydrogen) atoms. The zero-order chi connectivity index (χ0) is 10.6. The van der Waals surface area contributed by atoms with Gasteiger partial charge in [0.2, 0.25) is 0 Å². The van der Waals surface area contributed by atoms with Crippen molar-refractivity contribution in [3.05, 3.63) is 48.6 Å². The molecule has 0 fully saturated rings. The van der Waals surface area contributed by atoms with E-state index in [1.165, 1.54) is 0 Å². The Morgan fingerprint density at radius 3 is 2.29 bits per heavy atom. The van der Waals surface area contributed by atoms with Crippen molar-refractivity contribution in [2.24, 2.45) is 0 Å². The molecule has 0 unspecified atom stereocenters. The van der Waals surface area contributed by atoms with Crippen molar-refractivity contribution < 1.29 is 5.11 Å². The fourth-order valence-corrected chi connectivity index (χ4v) is 1.46. The van der Waals surface area contributed by atoms with E-state index in [-0.39, 0.29) is 5.75 Å². The average Bonchev–Trinajstić information content (AvgIpc) is 2.17. The minimum Gasteiger partial charge on any atom is -0.508 e. The maximum atomic E-state index is 9.64. The number of benzene rings is 1. The van der Waals surface area contributed by atoms with Crippen LogP contribution in [0.4, 0.5) is 5.69 Å². The Bertz CT molecular complexity index is 321. The topological polar surface area (TPSA) is 46.2 Å². The lowest BCUT2D eigenvalue weighted by atomic mass is 9.99. The normalized spacial score (nSPS) is 9.71. The molecule has 0 aromatic heterocycles. The van der Waals surface area contributed by atoms with Crippen LogP contribution in [0.1, 0.15) is 11.1 Å². The summed E-state index contributed by atoms with van der Waals surface area (Å²) in [5.41, 5.74) is 8.30. The Morgan fingerprint density at radius 2 is 1.71 bits per heavy atom. The maximum Gasteiger partial charge on any atom is 0.119 e. The van der Waals surface area contributed by atoms with Crippen molar-refractivity contribution in [1.82, 2.24) is 0 Å². The van der Waals surface area contributed by atoms with Gasteiger partial charge in [0.15, 0.2) is 0 Å². The molecule has 2 nitrogen and oxygen atoms in total. The largest absolute Gasteiger partial charge is 0.508 e. The van der Waals surface area contributed by atoms with Gasteiger partial charge in [-0.25, -0.2) is 0 Å². The molecule has 3 N–H and O–H groups in total. The molecule has 0 aliphatic heterocycles. The molecule has 0 aliphatic rings. The lowest BCUT2D eigenvalue weighted by Gasteiger charge is -2.11. The van der Waals surface area contributed by atoms with Gasteiger partial charge in [-0.1, -0.05) is 12.2 Å². The monoisotopic (exact) mass is 189 g/mol. The highest BCUT2D eigenvalue weighted by atomic mass is 16.3. The van der Waals surface area contributed by atoms with Crippen molar-refractivity contribution in [2.75, 3.05) is 5.73 Å². The van der Waals surface area contributed by atoms with Crippen LogP contribution in [-0.4, -0.2) is 5.11 Å². The number of hydrogen-bond donors (Lipinski definition) is 2. The van der Waals surface area contributed by atoms with Gasteiger partial charge in [0.1, 0.15) is 5.75 Å². The minimum absolute atomic E-state index is 0.274. The van der Waals surface area contributed by atoms with Gasteiger partial charge in [-0.2, -0.15) is 0 Å². The third-order valence-corrected chi connectivity index (χ3v) is 2.14. The Balaban J connectivity index is 3.24. The van der Waals surface area contributed by atoms with Crippen LogP contribution in [-0.2, 0) is 12.8 Å². The molecule has 0 saturated heterocycles. The van der Waals surface area contributed by atoms with Crippen LogP contribution in [0, 0.1) is 0 Å². The van der Waals surface area contributed by atoms with E-state index in [1.807, 2.05) is 0 Å². The lowest BCUT2D eigenvalue weighted by Crippen LogP contribution is -1.99. The van der Waals surface area contributed by atoms with Crippen LogP contribution >= 0.6 is 0 Å². The highest BCUT2D eigenvalue weighted by molar-refractivity contribution is 5.57. The standard InChI is InChI=1S/C12H15NO/c1-3-5-9-10(6-4-2)12(14)8-7-11(9)13/h3-4,7-8,14H,1-2,5-6,13H2. The van der Waals surface area contributed by atoms with E-state index in [4.69, 9.17) is 5.73 Å². The third-order valence-electron chi connectivity index (χ3n) is 2.14. The van der Waals surface area contributed by atoms with Crippen LogP contribution < -0.4 is 5.73 Å². The van der Waals surface area contributed by atoms with E-state index in [9.17, 15) is 5.11 Å². The average molecular weight is 189 g/mol. The highest BCUT2D eigenvalue weighted by Gasteiger charge is 2.08. The van der Waals surface area contributed by atoms with Gasteiger partial charge >= 0.3 is 0 Å². The number of nitrogen functional groups attached to an aromatic ring is 1. The van der Waals surface area contributed by atoms with Crippen LogP contribution in [0.15, 0.2) is 37.4 Å². The molecule has 0 aliphatic carbocycles. The number of phenolic OH excluding ortho intramolecular Hbond substituents is 1. The maximum absolute atomic E-state index is 9.64. The van der Waals surface area contributed by atoms with Crippen molar-refractivity contribution in [1.29, 1.82) is 0 Å².